The predicted molar refractivity (Wildman–Crippen MR) is 125 cm³/mol. The van der Waals surface area contributed by atoms with Crippen molar-refractivity contribution in [1.29, 1.82) is 0 Å². The molecule has 2 amide bonds. The zero-order valence-electron chi connectivity index (χ0n) is 18.8. The van der Waals surface area contributed by atoms with Gasteiger partial charge in [0.05, 0.1) is 18.7 Å². The summed E-state index contributed by atoms with van der Waals surface area (Å²) in [6.45, 7) is 9.91. The molecule has 0 aromatic heterocycles. The fourth-order valence-electron chi connectivity index (χ4n) is 2.98. The molecule has 2 aromatic carbocycles. The van der Waals surface area contributed by atoms with Crippen molar-refractivity contribution in [2.75, 3.05) is 32.1 Å². The summed E-state index contributed by atoms with van der Waals surface area (Å²) in [5.74, 6) is 0.968. The molecule has 0 bridgehead atoms. The highest BCUT2D eigenvalue weighted by atomic mass is 35.5. The number of carbonyl (C=O) groups excluding carboxylic acids is 2. The third-order valence-corrected chi connectivity index (χ3v) is 5.15. The van der Waals surface area contributed by atoms with Crippen LogP contribution in [0.2, 0.25) is 5.02 Å². The summed E-state index contributed by atoms with van der Waals surface area (Å²) in [5, 5.41) is 3.13. The molecule has 31 heavy (non-hydrogen) atoms. The molecule has 2 rings (SSSR count). The Kier molecular flexibility index (Phi) is 9.19. The smallest absolute Gasteiger partial charge is 0.255 e. The first-order valence-corrected chi connectivity index (χ1v) is 10.9. The molecule has 0 spiro atoms. The number of hydrogen-bond acceptors (Lipinski definition) is 4. The average molecular weight is 447 g/mol. The van der Waals surface area contributed by atoms with Crippen molar-refractivity contribution in [3.63, 3.8) is 0 Å². The number of rotatable bonds is 10. The maximum Gasteiger partial charge on any atom is 0.255 e. The van der Waals surface area contributed by atoms with Crippen molar-refractivity contribution in [2.24, 2.45) is 5.92 Å². The molecule has 0 saturated heterocycles. The number of benzene rings is 2. The number of methoxy groups -OCH3 is 1. The summed E-state index contributed by atoms with van der Waals surface area (Å²) in [7, 11) is 1.51. The largest absolute Gasteiger partial charge is 0.493 e. The maximum atomic E-state index is 12.7. The predicted octanol–water partition coefficient (Wildman–Crippen LogP) is 5.51. The van der Waals surface area contributed by atoms with E-state index in [0.29, 0.717) is 59.0 Å². The summed E-state index contributed by atoms with van der Waals surface area (Å²) in [6.07, 6.45) is 0.883. The number of halogens is 1. The van der Waals surface area contributed by atoms with Gasteiger partial charge in [0.1, 0.15) is 0 Å². The topological polar surface area (TPSA) is 67.9 Å². The first-order valence-electron chi connectivity index (χ1n) is 10.5. The molecular formula is C24H31ClN2O4. The molecule has 6 nitrogen and oxygen atoms in total. The molecule has 7 heteroatoms. The molecule has 0 heterocycles. The quantitative estimate of drug-likeness (QED) is 0.522. The number of ether oxygens (including phenoxy) is 2. The van der Waals surface area contributed by atoms with E-state index in [-0.39, 0.29) is 11.8 Å². The van der Waals surface area contributed by atoms with Gasteiger partial charge in [0.25, 0.3) is 11.8 Å². The zero-order valence-corrected chi connectivity index (χ0v) is 19.6. The SMILES string of the molecule is CCN(CC)C(=O)c1ccc(NC(=O)c2cc(Cl)c(OCCC(C)C)c(OC)c2)cc1. The van der Waals surface area contributed by atoms with Crippen molar-refractivity contribution in [3.05, 3.63) is 52.5 Å². The second-order valence-corrected chi connectivity index (χ2v) is 7.94. The lowest BCUT2D eigenvalue weighted by Crippen LogP contribution is -2.30. The van der Waals surface area contributed by atoms with Crippen LogP contribution < -0.4 is 14.8 Å². The van der Waals surface area contributed by atoms with Gasteiger partial charge in [0.15, 0.2) is 11.5 Å². The normalized spacial score (nSPS) is 10.7. The van der Waals surface area contributed by atoms with Gasteiger partial charge in [-0.1, -0.05) is 25.4 Å². The van der Waals surface area contributed by atoms with Gasteiger partial charge in [-0.3, -0.25) is 9.59 Å². The monoisotopic (exact) mass is 446 g/mol. The highest BCUT2D eigenvalue weighted by molar-refractivity contribution is 6.32. The average Bonchev–Trinajstić information content (AvgIpc) is 2.75. The molecular weight excluding hydrogens is 416 g/mol. The Morgan fingerprint density at radius 2 is 1.71 bits per heavy atom. The van der Waals surface area contributed by atoms with Crippen LogP contribution in [0.4, 0.5) is 5.69 Å². The van der Waals surface area contributed by atoms with Crippen LogP contribution in [-0.2, 0) is 0 Å². The molecule has 0 radical (unpaired) electrons. The van der Waals surface area contributed by atoms with Gasteiger partial charge in [0.2, 0.25) is 0 Å². The molecule has 0 unspecified atom stereocenters. The molecule has 168 valence electrons. The Hall–Kier alpha value is -2.73. The van der Waals surface area contributed by atoms with E-state index in [9.17, 15) is 9.59 Å². The first-order chi connectivity index (χ1) is 14.8. The van der Waals surface area contributed by atoms with Crippen LogP contribution in [0, 0.1) is 5.92 Å². The van der Waals surface area contributed by atoms with E-state index >= 15 is 0 Å². The van der Waals surface area contributed by atoms with Crippen LogP contribution in [0.15, 0.2) is 36.4 Å². The Bertz CT molecular complexity index is 893. The van der Waals surface area contributed by atoms with E-state index in [4.69, 9.17) is 21.1 Å². The number of nitrogens with zero attached hydrogens (tertiary/aromatic N) is 1. The summed E-state index contributed by atoms with van der Waals surface area (Å²) in [5.41, 5.74) is 1.50. The van der Waals surface area contributed by atoms with Gasteiger partial charge >= 0.3 is 0 Å². The van der Waals surface area contributed by atoms with Crippen molar-refractivity contribution in [1.82, 2.24) is 4.90 Å². The third-order valence-electron chi connectivity index (χ3n) is 4.87. The van der Waals surface area contributed by atoms with E-state index in [1.54, 1.807) is 41.3 Å². The molecule has 0 aliphatic heterocycles. The lowest BCUT2D eigenvalue weighted by Gasteiger charge is -2.18. The van der Waals surface area contributed by atoms with Crippen molar-refractivity contribution in [3.8, 4) is 11.5 Å². The molecule has 0 aliphatic rings. The van der Waals surface area contributed by atoms with Crippen LogP contribution >= 0.6 is 11.6 Å². The van der Waals surface area contributed by atoms with Gasteiger partial charge in [-0.15, -0.1) is 0 Å². The van der Waals surface area contributed by atoms with Gasteiger partial charge < -0.3 is 19.7 Å². The van der Waals surface area contributed by atoms with Crippen molar-refractivity contribution < 1.29 is 19.1 Å². The zero-order chi connectivity index (χ0) is 23.0. The molecule has 2 aromatic rings. The Morgan fingerprint density at radius 3 is 2.26 bits per heavy atom. The van der Waals surface area contributed by atoms with Crippen molar-refractivity contribution in [2.45, 2.75) is 34.1 Å². The fourth-order valence-corrected chi connectivity index (χ4v) is 3.25. The van der Waals surface area contributed by atoms with Crippen LogP contribution in [0.5, 0.6) is 11.5 Å². The minimum absolute atomic E-state index is 0.0348. The molecule has 0 aliphatic carbocycles. The van der Waals surface area contributed by atoms with Crippen LogP contribution in [0.1, 0.15) is 54.8 Å². The van der Waals surface area contributed by atoms with Gasteiger partial charge in [0, 0.05) is 29.9 Å². The van der Waals surface area contributed by atoms with E-state index in [1.165, 1.54) is 7.11 Å². The van der Waals surface area contributed by atoms with E-state index in [0.717, 1.165) is 6.42 Å². The molecule has 0 saturated carbocycles. The lowest BCUT2D eigenvalue weighted by molar-refractivity contribution is 0.0773. The molecule has 0 atom stereocenters. The van der Waals surface area contributed by atoms with E-state index in [2.05, 4.69) is 19.2 Å². The minimum atomic E-state index is -0.336. The van der Waals surface area contributed by atoms with Crippen LogP contribution in [-0.4, -0.2) is 43.5 Å². The molecule has 0 fully saturated rings. The van der Waals surface area contributed by atoms with Gasteiger partial charge in [-0.25, -0.2) is 0 Å². The number of carbonyl (C=O) groups is 2. The fraction of sp³-hybridized carbons (Fsp3) is 0.417. The summed E-state index contributed by atoms with van der Waals surface area (Å²) >= 11 is 6.36. The van der Waals surface area contributed by atoms with Crippen LogP contribution in [0.3, 0.4) is 0 Å². The first kappa shape index (κ1) is 24.5. The second kappa shape index (κ2) is 11.6. The number of nitrogens with one attached hydrogen (secondary N) is 1. The number of anilines is 1. The van der Waals surface area contributed by atoms with E-state index < -0.39 is 0 Å². The Morgan fingerprint density at radius 1 is 1.06 bits per heavy atom. The maximum absolute atomic E-state index is 12.7. The highest BCUT2D eigenvalue weighted by Gasteiger charge is 2.17. The lowest BCUT2D eigenvalue weighted by atomic mass is 10.1. The number of amides is 2. The second-order valence-electron chi connectivity index (χ2n) is 7.53. The third kappa shape index (κ3) is 6.62. The van der Waals surface area contributed by atoms with Crippen molar-refractivity contribution >= 4 is 29.1 Å². The van der Waals surface area contributed by atoms with Gasteiger partial charge in [-0.05, 0) is 62.6 Å². The summed E-state index contributed by atoms with van der Waals surface area (Å²) in [4.78, 5) is 26.9. The summed E-state index contributed by atoms with van der Waals surface area (Å²) < 4.78 is 11.2. The van der Waals surface area contributed by atoms with Gasteiger partial charge in [-0.2, -0.15) is 0 Å². The minimum Gasteiger partial charge on any atom is -0.493 e. The van der Waals surface area contributed by atoms with Crippen LogP contribution in [0.25, 0.3) is 0 Å². The Labute approximate surface area is 189 Å². The number of hydrogen-bond donors (Lipinski definition) is 1. The Balaban J connectivity index is 2.13. The van der Waals surface area contributed by atoms with E-state index in [1.807, 2.05) is 13.8 Å². The molecule has 1 N–H and O–H groups in total. The highest BCUT2D eigenvalue weighted by Crippen LogP contribution is 2.37. The summed E-state index contributed by atoms with van der Waals surface area (Å²) in [6, 6.07) is 9.98. The standard InChI is InChI=1S/C24H31ClN2O4/c1-6-27(7-2)24(29)17-8-10-19(11-9-17)26-23(28)18-14-20(25)22(21(15-18)30-5)31-13-12-16(3)4/h8-11,14-16H,6-7,12-13H2,1-5H3,(H,26,28).